The van der Waals surface area contributed by atoms with Gasteiger partial charge >= 0.3 is 5.97 Å². The number of ether oxygens (including phenoxy) is 1. The molecular formula is C12H22N2O2. The summed E-state index contributed by atoms with van der Waals surface area (Å²) in [5.74, 6) is 0.0995. The van der Waals surface area contributed by atoms with Gasteiger partial charge in [0.1, 0.15) is 5.54 Å². The number of rotatable bonds is 4. The van der Waals surface area contributed by atoms with Crippen molar-refractivity contribution in [3.63, 3.8) is 0 Å². The number of carbonyl (C=O) groups is 1. The number of carbonyl (C=O) groups excluding carboxylic acids is 1. The zero-order valence-electron chi connectivity index (χ0n) is 10.1. The molecule has 2 aliphatic rings. The number of esters is 1. The lowest BCUT2D eigenvalue weighted by Gasteiger charge is -2.35. The molecule has 92 valence electrons. The Morgan fingerprint density at radius 1 is 1.38 bits per heavy atom. The predicted octanol–water partition coefficient (Wildman–Crippen LogP) is 0.753. The quantitative estimate of drug-likeness (QED) is 0.719. The second-order valence-electron chi connectivity index (χ2n) is 5.14. The molecule has 4 heteroatoms. The summed E-state index contributed by atoms with van der Waals surface area (Å²) in [6, 6.07) is 0. The molecule has 1 aliphatic carbocycles. The lowest BCUT2D eigenvalue weighted by Crippen LogP contribution is -2.59. The van der Waals surface area contributed by atoms with Crippen molar-refractivity contribution in [2.24, 2.45) is 11.7 Å². The maximum absolute atomic E-state index is 11.8. The average Bonchev–Trinajstić information content (AvgIpc) is 3.13. The van der Waals surface area contributed by atoms with Crippen molar-refractivity contribution in [2.75, 3.05) is 26.7 Å². The van der Waals surface area contributed by atoms with Crippen LogP contribution >= 0.6 is 0 Å². The van der Waals surface area contributed by atoms with Crippen molar-refractivity contribution in [1.82, 2.24) is 4.90 Å². The van der Waals surface area contributed by atoms with E-state index in [-0.39, 0.29) is 5.97 Å². The molecule has 2 fully saturated rings. The number of nitrogens with two attached hydrogens (primary N) is 1. The minimum absolute atomic E-state index is 0.236. The Hall–Kier alpha value is -0.610. The van der Waals surface area contributed by atoms with Crippen molar-refractivity contribution in [3.05, 3.63) is 0 Å². The second kappa shape index (κ2) is 4.72. The van der Waals surface area contributed by atoms with E-state index in [0.717, 1.165) is 25.9 Å². The Kier molecular flexibility index (Phi) is 3.50. The highest BCUT2D eigenvalue weighted by Crippen LogP contribution is 2.39. The predicted molar refractivity (Wildman–Crippen MR) is 61.9 cm³/mol. The fraction of sp³-hybridized carbons (Fsp3) is 0.917. The first-order valence-electron chi connectivity index (χ1n) is 6.26. The Balaban J connectivity index is 1.98. The minimum atomic E-state index is -0.758. The molecule has 0 amide bonds. The molecule has 1 aliphatic heterocycles. The van der Waals surface area contributed by atoms with Gasteiger partial charge in [0.2, 0.25) is 0 Å². The standard InChI is InChI=1S/C12H22N2O2/c1-16-11(15)12(13,10-5-6-10)9-14-7-3-2-4-8-14/h10H,2-9,13H2,1H3. The van der Waals surface area contributed by atoms with E-state index in [1.165, 1.54) is 26.4 Å². The second-order valence-corrected chi connectivity index (χ2v) is 5.14. The van der Waals surface area contributed by atoms with E-state index in [1.54, 1.807) is 0 Å². The minimum Gasteiger partial charge on any atom is -0.468 e. The zero-order chi connectivity index (χ0) is 11.6. The molecule has 0 aromatic rings. The van der Waals surface area contributed by atoms with Crippen molar-refractivity contribution < 1.29 is 9.53 Å². The van der Waals surface area contributed by atoms with Gasteiger partial charge in [0.15, 0.2) is 0 Å². The third-order valence-electron chi connectivity index (χ3n) is 3.81. The molecule has 0 bridgehead atoms. The molecule has 0 aromatic carbocycles. The number of methoxy groups -OCH3 is 1. The van der Waals surface area contributed by atoms with Crippen LogP contribution in [0.2, 0.25) is 0 Å². The van der Waals surface area contributed by atoms with Crippen LogP contribution in [0.1, 0.15) is 32.1 Å². The van der Waals surface area contributed by atoms with Gasteiger partial charge in [0.25, 0.3) is 0 Å². The van der Waals surface area contributed by atoms with Gasteiger partial charge in [-0.3, -0.25) is 4.79 Å². The third-order valence-corrected chi connectivity index (χ3v) is 3.81. The van der Waals surface area contributed by atoms with E-state index in [2.05, 4.69) is 4.90 Å². The number of nitrogens with zero attached hydrogens (tertiary/aromatic N) is 1. The molecule has 0 aromatic heterocycles. The fourth-order valence-electron chi connectivity index (χ4n) is 2.64. The molecule has 1 saturated heterocycles. The smallest absolute Gasteiger partial charge is 0.327 e. The first-order chi connectivity index (χ1) is 7.66. The normalized spacial score (nSPS) is 26.1. The Morgan fingerprint density at radius 2 is 2.00 bits per heavy atom. The van der Waals surface area contributed by atoms with Crippen LogP contribution in [0.25, 0.3) is 0 Å². The van der Waals surface area contributed by atoms with Gasteiger partial charge in [0, 0.05) is 6.54 Å². The average molecular weight is 226 g/mol. The van der Waals surface area contributed by atoms with Gasteiger partial charge in [-0.05, 0) is 44.7 Å². The molecule has 0 radical (unpaired) electrons. The Labute approximate surface area is 97.1 Å². The highest BCUT2D eigenvalue weighted by Gasteiger charge is 2.49. The summed E-state index contributed by atoms with van der Waals surface area (Å²) in [6.07, 6.45) is 5.89. The first kappa shape index (κ1) is 11.9. The van der Waals surface area contributed by atoms with Crippen LogP contribution in [-0.2, 0) is 9.53 Å². The lowest BCUT2D eigenvalue weighted by atomic mass is 9.93. The molecular weight excluding hydrogens is 204 g/mol. The van der Waals surface area contributed by atoms with Crippen molar-refractivity contribution in [2.45, 2.75) is 37.6 Å². The van der Waals surface area contributed by atoms with Crippen molar-refractivity contribution in [1.29, 1.82) is 0 Å². The van der Waals surface area contributed by atoms with Gasteiger partial charge < -0.3 is 15.4 Å². The summed E-state index contributed by atoms with van der Waals surface area (Å²) < 4.78 is 4.87. The van der Waals surface area contributed by atoms with E-state index in [0.29, 0.717) is 12.5 Å². The Bertz CT molecular complexity index is 260. The monoisotopic (exact) mass is 226 g/mol. The third kappa shape index (κ3) is 2.38. The SMILES string of the molecule is COC(=O)C(N)(CN1CCCCC1)C1CC1. The van der Waals surface area contributed by atoms with E-state index >= 15 is 0 Å². The van der Waals surface area contributed by atoms with E-state index < -0.39 is 5.54 Å². The number of piperidine rings is 1. The van der Waals surface area contributed by atoms with Crippen molar-refractivity contribution in [3.8, 4) is 0 Å². The summed E-state index contributed by atoms with van der Waals surface area (Å²) in [4.78, 5) is 14.1. The molecule has 16 heavy (non-hydrogen) atoms. The number of hydrogen-bond donors (Lipinski definition) is 1. The largest absolute Gasteiger partial charge is 0.468 e. The van der Waals surface area contributed by atoms with Crippen LogP contribution in [0.5, 0.6) is 0 Å². The maximum atomic E-state index is 11.8. The van der Waals surface area contributed by atoms with Gasteiger partial charge in [-0.2, -0.15) is 0 Å². The molecule has 4 nitrogen and oxygen atoms in total. The van der Waals surface area contributed by atoms with Crippen LogP contribution in [0.4, 0.5) is 0 Å². The summed E-state index contributed by atoms with van der Waals surface area (Å²) in [7, 11) is 1.43. The summed E-state index contributed by atoms with van der Waals surface area (Å²) in [6.45, 7) is 2.82. The summed E-state index contributed by atoms with van der Waals surface area (Å²) in [5.41, 5.74) is 5.51. The Morgan fingerprint density at radius 3 is 2.50 bits per heavy atom. The molecule has 1 heterocycles. The van der Waals surface area contributed by atoms with Crippen LogP contribution in [-0.4, -0.2) is 43.2 Å². The summed E-state index contributed by atoms with van der Waals surface area (Å²) >= 11 is 0. The highest BCUT2D eigenvalue weighted by molar-refractivity contribution is 5.81. The van der Waals surface area contributed by atoms with Crippen LogP contribution in [0.15, 0.2) is 0 Å². The van der Waals surface area contributed by atoms with E-state index in [9.17, 15) is 4.79 Å². The molecule has 2 N–H and O–H groups in total. The molecule has 1 saturated carbocycles. The first-order valence-corrected chi connectivity index (χ1v) is 6.26. The number of hydrogen-bond acceptors (Lipinski definition) is 4. The van der Waals surface area contributed by atoms with Crippen LogP contribution in [0.3, 0.4) is 0 Å². The topological polar surface area (TPSA) is 55.6 Å². The molecule has 1 unspecified atom stereocenters. The van der Waals surface area contributed by atoms with Crippen LogP contribution < -0.4 is 5.73 Å². The molecule has 1 atom stereocenters. The fourth-order valence-corrected chi connectivity index (χ4v) is 2.64. The van der Waals surface area contributed by atoms with Gasteiger partial charge in [-0.25, -0.2) is 0 Å². The maximum Gasteiger partial charge on any atom is 0.327 e. The lowest BCUT2D eigenvalue weighted by molar-refractivity contribution is -0.149. The molecule has 0 spiro atoms. The zero-order valence-corrected chi connectivity index (χ0v) is 10.1. The van der Waals surface area contributed by atoms with E-state index in [4.69, 9.17) is 10.5 Å². The van der Waals surface area contributed by atoms with Gasteiger partial charge in [-0.1, -0.05) is 6.42 Å². The van der Waals surface area contributed by atoms with E-state index in [1.807, 2.05) is 0 Å². The van der Waals surface area contributed by atoms with Gasteiger partial charge in [0.05, 0.1) is 7.11 Å². The van der Waals surface area contributed by atoms with Gasteiger partial charge in [-0.15, -0.1) is 0 Å². The van der Waals surface area contributed by atoms with Crippen LogP contribution in [0, 0.1) is 5.92 Å². The van der Waals surface area contributed by atoms with Crippen molar-refractivity contribution >= 4 is 5.97 Å². The number of likely N-dealkylation sites (tertiary alicyclic amines) is 1. The molecule has 2 rings (SSSR count). The highest BCUT2D eigenvalue weighted by atomic mass is 16.5. The summed E-state index contributed by atoms with van der Waals surface area (Å²) in [5, 5.41) is 0.